The minimum atomic E-state index is -0.683. The fraction of sp³-hybridized carbons (Fsp3) is 0.889. The van der Waals surface area contributed by atoms with Gasteiger partial charge in [-0.05, 0) is 98.9 Å². The van der Waals surface area contributed by atoms with Gasteiger partial charge in [-0.2, -0.15) is 0 Å². The largest absolute Gasteiger partial charge is 0.396 e. The van der Waals surface area contributed by atoms with Crippen LogP contribution in [0.1, 0.15) is 91.9 Å². The molecule has 4 aliphatic carbocycles. The first-order valence-electron chi connectivity index (χ1n) is 12.7. The first-order valence-corrected chi connectivity index (χ1v) is 12.7. The number of fused-ring (bicyclic) bond motifs is 5. The van der Waals surface area contributed by atoms with Gasteiger partial charge in [0.2, 0.25) is 0 Å². The Morgan fingerprint density at radius 3 is 2.63 bits per heavy atom. The smallest absolute Gasteiger partial charge is 0.155 e. The van der Waals surface area contributed by atoms with E-state index in [9.17, 15) is 15.0 Å². The van der Waals surface area contributed by atoms with E-state index in [1.807, 2.05) is 6.08 Å². The Morgan fingerprint density at radius 1 is 1.17 bits per heavy atom. The lowest BCUT2D eigenvalue weighted by atomic mass is 9.45. The minimum Gasteiger partial charge on any atom is -0.396 e. The van der Waals surface area contributed by atoms with Gasteiger partial charge in [0, 0.05) is 18.4 Å². The highest BCUT2D eigenvalue weighted by atomic mass is 16.3. The fourth-order valence-electron chi connectivity index (χ4n) is 8.72. The predicted octanol–water partition coefficient (Wildman–Crippen LogP) is 5.54. The molecule has 0 heterocycles. The molecule has 30 heavy (non-hydrogen) atoms. The van der Waals surface area contributed by atoms with Crippen molar-refractivity contribution < 1.29 is 15.0 Å². The minimum absolute atomic E-state index is 0.111. The van der Waals surface area contributed by atoms with Gasteiger partial charge in [-0.15, -0.1) is 0 Å². The Kier molecular flexibility index (Phi) is 6.03. The van der Waals surface area contributed by atoms with Crippen molar-refractivity contribution in [3.05, 3.63) is 12.2 Å². The average molecular weight is 417 g/mol. The molecule has 0 radical (unpaired) electrons. The molecule has 0 aromatic rings. The van der Waals surface area contributed by atoms with Gasteiger partial charge in [-0.1, -0.05) is 39.7 Å². The van der Waals surface area contributed by atoms with E-state index in [1.54, 1.807) is 0 Å². The van der Waals surface area contributed by atoms with Crippen molar-refractivity contribution in [2.24, 2.45) is 46.3 Å². The zero-order chi connectivity index (χ0) is 21.7. The Bertz CT molecular complexity index is 680. The third-order valence-corrected chi connectivity index (χ3v) is 10.3. The van der Waals surface area contributed by atoms with Crippen LogP contribution in [0.2, 0.25) is 0 Å². The quantitative estimate of drug-likeness (QED) is 0.598. The first kappa shape index (κ1) is 22.5. The first-order chi connectivity index (χ1) is 14.1. The molecule has 0 spiro atoms. The standard InChI is InChI=1S/C27H44O3/c1-18(2)6-5-13-26(4,30)24-10-9-23-21-8-7-19-16-20(29)11-14-25(19,3)22(21)12-15-27(23,24)17-28/h11,14,18-19,21-24,28,30H,5-10,12-13,15-17H2,1-4H3. The van der Waals surface area contributed by atoms with Crippen LogP contribution >= 0.6 is 0 Å². The molecule has 3 fully saturated rings. The van der Waals surface area contributed by atoms with Crippen LogP contribution in [0.5, 0.6) is 0 Å². The zero-order valence-electron chi connectivity index (χ0n) is 19.7. The SMILES string of the molecule is CC(C)CCCC(C)(O)C1CCC2C3CCC4CC(=O)C=CC4(C)C3CCC21CO. The number of allylic oxidation sites excluding steroid dienone is 2. The maximum Gasteiger partial charge on any atom is 0.155 e. The van der Waals surface area contributed by atoms with E-state index in [0.717, 1.165) is 57.8 Å². The molecule has 0 bridgehead atoms. The van der Waals surface area contributed by atoms with Gasteiger partial charge in [0.25, 0.3) is 0 Å². The summed E-state index contributed by atoms with van der Waals surface area (Å²) in [5, 5.41) is 22.3. The van der Waals surface area contributed by atoms with Gasteiger partial charge in [-0.25, -0.2) is 0 Å². The van der Waals surface area contributed by atoms with Crippen molar-refractivity contribution in [1.82, 2.24) is 0 Å². The Morgan fingerprint density at radius 2 is 1.93 bits per heavy atom. The van der Waals surface area contributed by atoms with Gasteiger partial charge in [0.05, 0.1) is 5.60 Å². The van der Waals surface area contributed by atoms with Crippen molar-refractivity contribution in [2.75, 3.05) is 6.61 Å². The van der Waals surface area contributed by atoms with Gasteiger partial charge in [0.1, 0.15) is 0 Å². The monoisotopic (exact) mass is 416 g/mol. The average Bonchev–Trinajstić information content (AvgIpc) is 3.09. The molecule has 170 valence electrons. The summed E-state index contributed by atoms with van der Waals surface area (Å²) in [7, 11) is 0. The summed E-state index contributed by atoms with van der Waals surface area (Å²) in [6, 6.07) is 0. The van der Waals surface area contributed by atoms with Crippen LogP contribution in [0.25, 0.3) is 0 Å². The topological polar surface area (TPSA) is 57.5 Å². The molecule has 0 aliphatic heterocycles. The summed E-state index contributed by atoms with van der Waals surface area (Å²) >= 11 is 0. The normalized spacial score (nSPS) is 45.0. The number of hydrogen-bond donors (Lipinski definition) is 2. The second kappa shape index (κ2) is 8.03. The molecule has 8 unspecified atom stereocenters. The highest BCUT2D eigenvalue weighted by Gasteiger charge is 2.63. The maximum absolute atomic E-state index is 12.0. The Balaban J connectivity index is 1.56. The van der Waals surface area contributed by atoms with Crippen molar-refractivity contribution in [3.63, 3.8) is 0 Å². The molecule has 0 aromatic heterocycles. The molecule has 8 atom stereocenters. The van der Waals surface area contributed by atoms with Crippen LogP contribution in [0.15, 0.2) is 12.2 Å². The Hall–Kier alpha value is -0.670. The van der Waals surface area contributed by atoms with Crippen LogP contribution in [-0.2, 0) is 4.79 Å². The summed E-state index contributed by atoms with van der Waals surface area (Å²) in [4.78, 5) is 12.0. The van der Waals surface area contributed by atoms with E-state index in [-0.39, 0.29) is 23.4 Å². The molecule has 0 aromatic carbocycles. The predicted molar refractivity (Wildman–Crippen MR) is 121 cm³/mol. The summed E-state index contributed by atoms with van der Waals surface area (Å²) in [5.74, 6) is 3.44. The lowest BCUT2D eigenvalue weighted by Gasteiger charge is -2.60. The highest BCUT2D eigenvalue weighted by molar-refractivity contribution is 5.91. The van der Waals surface area contributed by atoms with Crippen molar-refractivity contribution in [2.45, 2.75) is 97.5 Å². The molecule has 3 nitrogen and oxygen atoms in total. The summed E-state index contributed by atoms with van der Waals surface area (Å²) < 4.78 is 0. The van der Waals surface area contributed by atoms with Gasteiger partial charge in [-0.3, -0.25) is 4.79 Å². The number of carbonyl (C=O) groups is 1. The number of aliphatic hydroxyl groups is 2. The van der Waals surface area contributed by atoms with Crippen LogP contribution in [-0.4, -0.2) is 28.2 Å². The molecule has 0 amide bonds. The van der Waals surface area contributed by atoms with Crippen LogP contribution in [0, 0.1) is 46.3 Å². The fourth-order valence-corrected chi connectivity index (χ4v) is 8.72. The number of hydrogen-bond acceptors (Lipinski definition) is 3. The number of aliphatic hydroxyl groups excluding tert-OH is 1. The van der Waals surface area contributed by atoms with Crippen LogP contribution in [0.4, 0.5) is 0 Å². The van der Waals surface area contributed by atoms with Crippen molar-refractivity contribution in [1.29, 1.82) is 0 Å². The number of ketones is 1. The van der Waals surface area contributed by atoms with Crippen molar-refractivity contribution >= 4 is 5.78 Å². The molecule has 3 saturated carbocycles. The van der Waals surface area contributed by atoms with Crippen molar-refractivity contribution in [3.8, 4) is 0 Å². The second-order valence-corrected chi connectivity index (χ2v) is 12.2. The van der Waals surface area contributed by atoms with Gasteiger partial charge >= 0.3 is 0 Å². The Labute approximate surface area is 183 Å². The maximum atomic E-state index is 12.0. The van der Waals surface area contributed by atoms with E-state index in [1.165, 1.54) is 6.42 Å². The molecule has 3 heteroatoms. The third-order valence-electron chi connectivity index (χ3n) is 10.3. The van der Waals surface area contributed by atoms with Gasteiger partial charge < -0.3 is 10.2 Å². The summed E-state index contributed by atoms with van der Waals surface area (Å²) in [6.45, 7) is 9.18. The van der Waals surface area contributed by atoms with E-state index in [4.69, 9.17) is 0 Å². The zero-order valence-corrected chi connectivity index (χ0v) is 19.7. The molecule has 4 aliphatic rings. The number of rotatable bonds is 6. The van der Waals surface area contributed by atoms with Gasteiger partial charge in [0.15, 0.2) is 5.78 Å². The summed E-state index contributed by atoms with van der Waals surface area (Å²) in [5.41, 5.74) is -0.659. The summed E-state index contributed by atoms with van der Waals surface area (Å²) in [6.07, 6.45) is 14.6. The van der Waals surface area contributed by atoms with Crippen LogP contribution < -0.4 is 0 Å². The highest BCUT2D eigenvalue weighted by Crippen LogP contribution is 2.68. The van der Waals surface area contributed by atoms with E-state index in [0.29, 0.717) is 35.4 Å². The third kappa shape index (κ3) is 3.52. The number of carbonyl (C=O) groups excluding carboxylic acids is 1. The molecule has 4 rings (SSSR count). The van der Waals surface area contributed by atoms with E-state index < -0.39 is 5.60 Å². The van der Waals surface area contributed by atoms with E-state index in [2.05, 4.69) is 33.8 Å². The van der Waals surface area contributed by atoms with Crippen LogP contribution in [0.3, 0.4) is 0 Å². The molecule has 0 saturated heterocycles. The second-order valence-electron chi connectivity index (χ2n) is 12.2. The molecular formula is C27H44O3. The lowest BCUT2D eigenvalue weighted by molar-refractivity contribution is -0.145. The molecule has 2 N–H and O–H groups in total. The lowest BCUT2D eigenvalue weighted by Crippen LogP contribution is -2.56. The van der Waals surface area contributed by atoms with E-state index >= 15 is 0 Å². The molecular weight excluding hydrogens is 372 g/mol.